The standard InChI is InChI=1S/C28H40N8O6/c1-16(37)24(29)26(40)35-21(12-17-9-11-36(15-17)28(30)31)25(39)32-10-5-4-8-23(38)34-22(27(41)42)13-18-14-33-20-7-3-2-6-19(18)20/h2-3,6-7,9,14,16,21-22,24,33,37H,4-5,8,10-13,15,29H2,1H3,(H3,30,31)(H,32,39)(H,34,38)(H,35,40)(H,41,42). The molecule has 1 aliphatic heterocycles. The van der Waals surface area contributed by atoms with Crippen molar-refractivity contribution in [2.24, 2.45) is 11.5 Å². The molecule has 4 unspecified atom stereocenters. The molecule has 3 rings (SSSR count). The first kappa shape index (κ1) is 32.1. The number of carbonyl (C=O) groups excluding carboxylic acids is 3. The number of carbonyl (C=O) groups is 4. The van der Waals surface area contributed by atoms with Crippen LogP contribution in [-0.2, 0) is 25.6 Å². The summed E-state index contributed by atoms with van der Waals surface area (Å²) >= 11 is 0. The van der Waals surface area contributed by atoms with Crippen LogP contribution in [0.5, 0.6) is 0 Å². The quantitative estimate of drug-likeness (QED) is 0.0555. The Morgan fingerprint density at radius 1 is 1.10 bits per heavy atom. The Hall–Kier alpha value is -4.43. The van der Waals surface area contributed by atoms with E-state index in [0.717, 1.165) is 22.0 Å². The second-order valence-corrected chi connectivity index (χ2v) is 10.4. The van der Waals surface area contributed by atoms with E-state index in [2.05, 4.69) is 20.9 Å². The number of para-hydroxylation sites is 1. The SMILES string of the molecule is CC(O)C(N)C(=O)NC(CC1=CCN(C(=N)N)C1)C(=O)NCCCCC(=O)NC(Cc1c[nH]c2ccccc12)C(=O)O. The maximum atomic E-state index is 13.0. The number of nitrogens with one attached hydrogen (secondary N) is 5. The third-order valence-electron chi connectivity index (χ3n) is 7.12. The molecule has 2 aromatic rings. The van der Waals surface area contributed by atoms with Crippen molar-refractivity contribution in [3.8, 4) is 0 Å². The maximum Gasteiger partial charge on any atom is 0.326 e. The lowest BCUT2D eigenvalue weighted by atomic mass is 10.0. The number of unbranched alkanes of at least 4 members (excludes halogenated alkanes) is 1. The Morgan fingerprint density at radius 3 is 2.50 bits per heavy atom. The summed E-state index contributed by atoms with van der Waals surface area (Å²) in [5, 5.41) is 35.7. The van der Waals surface area contributed by atoms with Crippen LogP contribution in [0.25, 0.3) is 10.9 Å². The van der Waals surface area contributed by atoms with Crippen LogP contribution in [0, 0.1) is 5.41 Å². The predicted octanol–water partition coefficient (Wildman–Crippen LogP) is -0.715. The van der Waals surface area contributed by atoms with Crippen molar-refractivity contribution in [1.29, 1.82) is 5.41 Å². The topological polar surface area (TPSA) is 240 Å². The number of H-pyrrole nitrogens is 1. The average Bonchev–Trinajstić information content (AvgIpc) is 3.59. The zero-order valence-electron chi connectivity index (χ0n) is 23.6. The van der Waals surface area contributed by atoms with Crippen LogP contribution < -0.4 is 27.4 Å². The van der Waals surface area contributed by atoms with Crippen molar-refractivity contribution in [3.63, 3.8) is 0 Å². The molecule has 0 aliphatic carbocycles. The van der Waals surface area contributed by atoms with Gasteiger partial charge in [0.05, 0.1) is 6.10 Å². The summed E-state index contributed by atoms with van der Waals surface area (Å²) in [5.41, 5.74) is 13.7. The fourth-order valence-electron chi connectivity index (χ4n) is 4.64. The van der Waals surface area contributed by atoms with Crippen LogP contribution in [0.4, 0.5) is 0 Å². The van der Waals surface area contributed by atoms with Crippen LogP contribution in [0.2, 0.25) is 0 Å². The summed E-state index contributed by atoms with van der Waals surface area (Å²) in [6.45, 7) is 2.37. The van der Waals surface area contributed by atoms with Crippen molar-refractivity contribution in [3.05, 3.63) is 47.7 Å². The summed E-state index contributed by atoms with van der Waals surface area (Å²) in [6.07, 6.45) is 3.68. The number of fused-ring (bicyclic) bond motifs is 1. The molecule has 1 aromatic carbocycles. The molecule has 228 valence electrons. The van der Waals surface area contributed by atoms with Gasteiger partial charge >= 0.3 is 5.97 Å². The summed E-state index contributed by atoms with van der Waals surface area (Å²) in [5.74, 6) is -2.77. The van der Waals surface area contributed by atoms with Gasteiger partial charge < -0.3 is 47.5 Å². The van der Waals surface area contributed by atoms with Gasteiger partial charge in [0.1, 0.15) is 18.1 Å². The monoisotopic (exact) mass is 584 g/mol. The number of benzene rings is 1. The first-order valence-electron chi connectivity index (χ1n) is 13.8. The van der Waals surface area contributed by atoms with Crippen LogP contribution >= 0.6 is 0 Å². The Morgan fingerprint density at radius 2 is 1.83 bits per heavy atom. The van der Waals surface area contributed by atoms with Gasteiger partial charge in [-0.3, -0.25) is 19.8 Å². The number of rotatable bonds is 15. The van der Waals surface area contributed by atoms with E-state index < -0.39 is 47.9 Å². The molecule has 0 saturated carbocycles. The molecule has 0 radical (unpaired) electrons. The van der Waals surface area contributed by atoms with E-state index in [9.17, 15) is 29.4 Å². The molecule has 42 heavy (non-hydrogen) atoms. The van der Waals surface area contributed by atoms with E-state index in [1.165, 1.54) is 6.92 Å². The second-order valence-electron chi connectivity index (χ2n) is 10.4. The van der Waals surface area contributed by atoms with Crippen molar-refractivity contribution in [2.75, 3.05) is 19.6 Å². The van der Waals surface area contributed by atoms with Crippen molar-refractivity contribution >= 4 is 40.6 Å². The van der Waals surface area contributed by atoms with Crippen molar-refractivity contribution < 1.29 is 29.4 Å². The van der Waals surface area contributed by atoms with Gasteiger partial charge in [0, 0.05) is 49.6 Å². The Bertz CT molecular complexity index is 1320. The fourth-order valence-corrected chi connectivity index (χ4v) is 4.64. The molecule has 2 heterocycles. The first-order chi connectivity index (χ1) is 20.0. The molecule has 0 spiro atoms. The largest absolute Gasteiger partial charge is 0.480 e. The molecule has 3 amide bonds. The van der Waals surface area contributed by atoms with Crippen LogP contribution in [-0.4, -0.2) is 93.6 Å². The van der Waals surface area contributed by atoms with E-state index in [-0.39, 0.29) is 31.8 Å². The number of aromatic nitrogens is 1. The highest BCUT2D eigenvalue weighted by Gasteiger charge is 2.28. The molecular weight excluding hydrogens is 544 g/mol. The number of nitrogens with two attached hydrogens (primary N) is 2. The summed E-state index contributed by atoms with van der Waals surface area (Å²) < 4.78 is 0. The smallest absolute Gasteiger partial charge is 0.326 e. The lowest BCUT2D eigenvalue weighted by Crippen LogP contribution is -2.54. The van der Waals surface area contributed by atoms with Crippen molar-refractivity contribution in [2.45, 2.75) is 63.3 Å². The molecule has 0 saturated heterocycles. The lowest BCUT2D eigenvalue weighted by Gasteiger charge is -2.23. The number of amides is 3. The van der Waals surface area contributed by atoms with Gasteiger partial charge in [-0.05, 0) is 37.8 Å². The summed E-state index contributed by atoms with van der Waals surface area (Å²) in [4.78, 5) is 54.4. The first-order valence-corrected chi connectivity index (χ1v) is 13.8. The number of aromatic amines is 1. The van der Waals surface area contributed by atoms with Crippen LogP contribution in [0.15, 0.2) is 42.1 Å². The van der Waals surface area contributed by atoms with Gasteiger partial charge in [-0.2, -0.15) is 0 Å². The Kier molecular flexibility index (Phi) is 11.4. The number of hydrogen-bond donors (Lipinski definition) is 9. The van der Waals surface area contributed by atoms with Gasteiger partial charge in [0.2, 0.25) is 17.7 Å². The van der Waals surface area contributed by atoms with Gasteiger partial charge in [-0.1, -0.05) is 29.8 Å². The number of nitrogens with zero attached hydrogens (tertiary/aromatic N) is 1. The minimum atomic E-state index is -1.21. The molecule has 14 heteroatoms. The van der Waals surface area contributed by atoms with Gasteiger partial charge in [0.25, 0.3) is 0 Å². The number of aliphatic carboxylic acids is 1. The third kappa shape index (κ3) is 9.04. The molecule has 1 aromatic heterocycles. The fraction of sp³-hybridized carbons (Fsp3) is 0.464. The third-order valence-corrected chi connectivity index (χ3v) is 7.12. The number of carboxylic acid groups (broad SMARTS) is 1. The number of aliphatic hydroxyl groups is 1. The average molecular weight is 585 g/mol. The Labute approximate surface area is 243 Å². The van der Waals surface area contributed by atoms with E-state index in [0.29, 0.717) is 25.9 Å². The van der Waals surface area contributed by atoms with Crippen LogP contribution in [0.3, 0.4) is 0 Å². The van der Waals surface area contributed by atoms with Crippen molar-refractivity contribution in [1.82, 2.24) is 25.8 Å². The number of hydrogen-bond acceptors (Lipinski definition) is 7. The zero-order valence-corrected chi connectivity index (χ0v) is 23.6. The highest BCUT2D eigenvalue weighted by atomic mass is 16.4. The highest BCUT2D eigenvalue weighted by molar-refractivity contribution is 5.90. The minimum Gasteiger partial charge on any atom is -0.480 e. The molecule has 14 nitrogen and oxygen atoms in total. The van der Waals surface area contributed by atoms with E-state index >= 15 is 0 Å². The summed E-state index contributed by atoms with van der Waals surface area (Å²) in [6, 6.07) is 4.25. The van der Waals surface area contributed by atoms with Gasteiger partial charge in [-0.15, -0.1) is 0 Å². The highest BCUT2D eigenvalue weighted by Crippen LogP contribution is 2.19. The van der Waals surface area contributed by atoms with E-state index in [1.807, 2.05) is 30.3 Å². The number of aliphatic hydroxyl groups excluding tert-OH is 1. The molecule has 11 N–H and O–H groups in total. The molecule has 1 aliphatic rings. The molecule has 0 fully saturated rings. The molecule has 4 atom stereocenters. The summed E-state index contributed by atoms with van der Waals surface area (Å²) in [7, 11) is 0. The normalized spacial score (nSPS) is 15.8. The maximum absolute atomic E-state index is 13.0. The van der Waals surface area contributed by atoms with Crippen LogP contribution in [0.1, 0.15) is 38.2 Å². The Balaban J connectivity index is 1.46. The molecular formula is C28H40N8O6. The lowest BCUT2D eigenvalue weighted by molar-refractivity contribution is -0.141. The number of carboxylic acids is 1. The number of guanidine groups is 1. The zero-order chi connectivity index (χ0) is 30.8. The van der Waals surface area contributed by atoms with E-state index in [4.69, 9.17) is 16.9 Å². The predicted molar refractivity (Wildman–Crippen MR) is 156 cm³/mol. The van der Waals surface area contributed by atoms with E-state index in [1.54, 1.807) is 11.1 Å². The minimum absolute atomic E-state index is 0.0741. The van der Waals surface area contributed by atoms with Gasteiger partial charge in [0.15, 0.2) is 5.96 Å². The van der Waals surface area contributed by atoms with Gasteiger partial charge in [-0.25, -0.2) is 4.79 Å². The molecule has 0 bridgehead atoms. The second kappa shape index (κ2) is 15.0.